The summed E-state index contributed by atoms with van der Waals surface area (Å²) in [5.74, 6) is 0. The van der Waals surface area contributed by atoms with E-state index in [0.29, 0.717) is 5.69 Å². The van der Waals surface area contributed by atoms with Crippen molar-refractivity contribution in [3.63, 3.8) is 0 Å². The second-order valence-corrected chi connectivity index (χ2v) is 2.12. The fraction of sp³-hybridized carbons (Fsp3) is 0. The molecule has 1 aromatic carbocycles. The predicted octanol–water partition coefficient (Wildman–Crippen LogP) is 1.22. The van der Waals surface area contributed by atoms with Gasteiger partial charge in [0.15, 0.2) is 0 Å². The molecule has 0 saturated carbocycles. The fourth-order valence-corrected chi connectivity index (χ4v) is 0.747. The SMILES string of the molecule is N#CONC(=O)Nc1ccccc1. The topological polar surface area (TPSA) is 74.1 Å². The van der Waals surface area contributed by atoms with E-state index in [1.165, 1.54) is 6.26 Å². The molecular weight excluding hydrogens is 170 g/mol. The highest BCUT2D eigenvalue weighted by molar-refractivity contribution is 5.88. The first-order valence-electron chi connectivity index (χ1n) is 3.50. The van der Waals surface area contributed by atoms with E-state index in [1.54, 1.807) is 24.3 Å². The van der Waals surface area contributed by atoms with E-state index in [1.807, 2.05) is 11.5 Å². The monoisotopic (exact) mass is 177 g/mol. The summed E-state index contributed by atoms with van der Waals surface area (Å²) in [6.45, 7) is 0. The number of hydroxylamine groups is 1. The van der Waals surface area contributed by atoms with Crippen molar-refractivity contribution >= 4 is 11.7 Å². The van der Waals surface area contributed by atoms with Gasteiger partial charge in [0.2, 0.25) is 0 Å². The Morgan fingerprint density at radius 1 is 1.38 bits per heavy atom. The molecule has 2 amide bonds. The molecule has 0 aliphatic rings. The Kier molecular flexibility index (Phi) is 3.15. The lowest BCUT2D eigenvalue weighted by atomic mass is 10.3. The molecule has 1 aromatic rings. The molecule has 0 aromatic heterocycles. The van der Waals surface area contributed by atoms with Gasteiger partial charge in [0.1, 0.15) is 0 Å². The number of carbonyl (C=O) groups is 1. The van der Waals surface area contributed by atoms with E-state index in [9.17, 15) is 4.79 Å². The molecule has 0 aliphatic heterocycles. The maximum atomic E-state index is 10.9. The number of hydrogen-bond donors (Lipinski definition) is 2. The zero-order valence-electron chi connectivity index (χ0n) is 6.65. The van der Waals surface area contributed by atoms with Crippen molar-refractivity contribution in [3.05, 3.63) is 30.3 Å². The Bertz CT molecular complexity index is 318. The van der Waals surface area contributed by atoms with Crippen LogP contribution in [0.25, 0.3) is 0 Å². The lowest BCUT2D eigenvalue weighted by molar-refractivity contribution is 0.162. The molecule has 13 heavy (non-hydrogen) atoms. The molecule has 5 heteroatoms. The summed E-state index contributed by atoms with van der Waals surface area (Å²) in [6, 6.07) is 8.22. The summed E-state index contributed by atoms with van der Waals surface area (Å²) < 4.78 is 0. The van der Waals surface area contributed by atoms with Gasteiger partial charge in [-0.05, 0) is 12.1 Å². The zero-order chi connectivity index (χ0) is 9.52. The minimum Gasteiger partial charge on any atom is -0.306 e. The lowest BCUT2D eigenvalue weighted by Gasteiger charge is -2.02. The summed E-state index contributed by atoms with van der Waals surface area (Å²) in [4.78, 5) is 14.9. The highest BCUT2D eigenvalue weighted by Gasteiger charge is 1.99. The lowest BCUT2D eigenvalue weighted by Crippen LogP contribution is -2.27. The molecule has 0 fully saturated rings. The minimum absolute atomic E-state index is 0.590. The molecule has 0 radical (unpaired) electrons. The molecular formula is C8H7N3O2. The van der Waals surface area contributed by atoms with Gasteiger partial charge in [-0.15, -0.1) is 5.26 Å². The molecule has 0 saturated heterocycles. The van der Waals surface area contributed by atoms with Crippen molar-refractivity contribution in [3.8, 4) is 6.26 Å². The number of para-hydroxylation sites is 1. The van der Waals surface area contributed by atoms with E-state index in [4.69, 9.17) is 5.26 Å². The van der Waals surface area contributed by atoms with Crippen LogP contribution in [0.2, 0.25) is 0 Å². The summed E-state index contributed by atoms with van der Waals surface area (Å²) >= 11 is 0. The van der Waals surface area contributed by atoms with E-state index < -0.39 is 6.03 Å². The molecule has 0 unspecified atom stereocenters. The van der Waals surface area contributed by atoms with E-state index >= 15 is 0 Å². The minimum atomic E-state index is -0.590. The smallest absolute Gasteiger partial charge is 0.306 e. The molecule has 5 nitrogen and oxygen atoms in total. The van der Waals surface area contributed by atoms with Gasteiger partial charge in [-0.2, -0.15) is 5.48 Å². The van der Waals surface area contributed by atoms with Crippen molar-refractivity contribution in [2.45, 2.75) is 0 Å². The number of nitriles is 1. The van der Waals surface area contributed by atoms with Crippen molar-refractivity contribution in [2.75, 3.05) is 5.32 Å². The third-order valence-corrected chi connectivity index (χ3v) is 1.22. The maximum absolute atomic E-state index is 10.9. The molecule has 0 spiro atoms. The van der Waals surface area contributed by atoms with Gasteiger partial charge < -0.3 is 5.32 Å². The zero-order valence-corrected chi connectivity index (χ0v) is 6.65. The summed E-state index contributed by atoms with van der Waals surface area (Å²) in [7, 11) is 0. The molecule has 0 atom stereocenters. The van der Waals surface area contributed by atoms with Crippen molar-refractivity contribution in [2.24, 2.45) is 0 Å². The number of amides is 2. The number of rotatable bonds is 2. The highest BCUT2D eigenvalue weighted by Crippen LogP contribution is 2.03. The third-order valence-electron chi connectivity index (χ3n) is 1.22. The van der Waals surface area contributed by atoms with Gasteiger partial charge in [0.05, 0.1) is 0 Å². The maximum Gasteiger partial charge on any atom is 0.353 e. The number of urea groups is 1. The first kappa shape index (κ1) is 8.87. The number of nitrogens with one attached hydrogen (secondary N) is 2. The van der Waals surface area contributed by atoms with Crippen LogP contribution in [0.3, 0.4) is 0 Å². The van der Waals surface area contributed by atoms with Crippen molar-refractivity contribution in [1.82, 2.24) is 5.48 Å². The first-order valence-corrected chi connectivity index (χ1v) is 3.50. The molecule has 1 rings (SSSR count). The fourth-order valence-electron chi connectivity index (χ4n) is 0.747. The third kappa shape index (κ3) is 3.12. The highest BCUT2D eigenvalue weighted by atomic mass is 16.6. The van der Waals surface area contributed by atoms with Crippen molar-refractivity contribution in [1.29, 1.82) is 5.26 Å². The van der Waals surface area contributed by atoms with Crippen LogP contribution in [0.15, 0.2) is 30.3 Å². The number of benzene rings is 1. The summed E-state index contributed by atoms with van der Waals surface area (Å²) in [5, 5.41) is 10.4. The molecule has 0 aliphatic carbocycles. The van der Waals surface area contributed by atoms with Crippen LogP contribution >= 0.6 is 0 Å². The first-order chi connectivity index (χ1) is 6.33. The van der Waals surface area contributed by atoms with Crippen LogP contribution in [0.5, 0.6) is 0 Å². The van der Waals surface area contributed by atoms with Crippen LogP contribution in [0, 0.1) is 11.5 Å². The van der Waals surface area contributed by atoms with E-state index in [2.05, 4.69) is 10.2 Å². The average molecular weight is 177 g/mol. The normalized spacial score (nSPS) is 8.23. The number of nitrogens with zero attached hydrogens (tertiary/aromatic N) is 1. The largest absolute Gasteiger partial charge is 0.353 e. The Morgan fingerprint density at radius 3 is 2.69 bits per heavy atom. The number of hydrogen-bond acceptors (Lipinski definition) is 3. The number of anilines is 1. The van der Waals surface area contributed by atoms with Gasteiger partial charge in [-0.25, -0.2) is 4.79 Å². The Balaban J connectivity index is 2.42. The van der Waals surface area contributed by atoms with Gasteiger partial charge in [-0.3, -0.25) is 4.84 Å². The van der Waals surface area contributed by atoms with Crippen LogP contribution in [-0.4, -0.2) is 6.03 Å². The van der Waals surface area contributed by atoms with Crippen LogP contribution < -0.4 is 10.8 Å². The summed E-state index contributed by atoms with van der Waals surface area (Å²) in [6.07, 6.45) is 1.31. The Labute approximate surface area is 74.9 Å². The molecule has 66 valence electrons. The second kappa shape index (κ2) is 4.62. The quantitative estimate of drug-likeness (QED) is 0.526. The Morgan fingerprint density at radius 2 is 2.08 bits per heavy atom. The van der Waals surface area contributed by atoms with Crippen LogP contribution in [0.4, 0.5) is 10.5 Å². The van der Waals surface area contributed by atoms with Gasteiger partial charge in [-0.1, -0.05) is 18.2 Å². The van der Waals surface area contributed by atoms with Crippen LogP contribution in [0.1, 0.15) is 0 Å². The Hall–Kier alpha value is -2.22. The van der Waals surface area contributed by atoms with Gasteiger partial charge in [0.25, 0.3) is 0 Å². The van der Waals surface area contributed by atoms with Crippen molar-refractivity contribution < 1.29 is 9.63 Å². The molecule has 2 N–H and O–H groups in total. The second-order valence-electron chi connectivity index (χ2n) is 2.12. The average Bonchev–Trinajstić information content (AvgIpc) is 2.16. The van der Waals surface area contributed by atoms with Crippen LogP contribution in [-0.2, 0) is 4.84 Å². The van der Waals surface area contributed by atoms with E-state index in [-0.39, 0.29) is 0 Å². The predicted molar refractivity (Wildman–Crippen MR) is 45.3 cm³/mol. The summed E-state index contributed by atoms with van der Waals surface area (Å²) in [5.41, 5.74) is 2.50. The number of carbonyl (C=O) groups excluding carboxylic acids is 1. The molecule has 0 heterocycles. The van der Waals surface area contributed by atoms with E-state index in [0.717, 1.165) is 0 Å². The van der Waals surface area contributed by atoms with Gasteiger partial charge in [0, 0.05) is 5.69 Å². The standard InChI is InChI=1S/C8H7N3O2/c9-6-13-11-8(12)10-7-4-2-1-3-5-7/h1-5H,(H2,10,11,12). The van der Waals surface area contributed by atoms with Gasteiger partial charge >= 0.3 is 12.3 Å². The molecule has 0 bridgehead atoms.